The van der Waals surface area contributed by atoms with Crippen LogP contribution in [0.25, 0.3) is 10.6 Å². The lowest BCUT2D eigenvalue weighted by atomic mass is 10.1. The average molecular weight is 348 g/mol. The molecule has 24 heavy (non-hydrogen) atoms. The van der Waals surface area contributed by atoms with Gasteiger partial charge >= 0.3 is 12.0 Å². The quantitative estimate of drug-likeness (QED) is 0.877. The van der Waals surface area contributed by atoms with Crippen molar-refractivity contribution in [3.05, 3.63) is 24.3 Å². The summed E-state index contributed by atoms with van der Waals surface area (Å²) in [7, 11) is 1.60. The molecule has 1 unspecified atom stereocenters. The van der Waals surface area contributed by atoms with Crippen LogP contribution in [0.15, 0.2) is 24.3 Å². The monoisotopic (exact) mass is 348 g/mol. The van der Waals surface area contributed by atoms with Gasteiger partial charge in [-0.3, -0.25) is 10.1 Å². The highest BCUT2D eigenvalue weighted by Gasteiger charge is 2.31. The molecule has 126 valence electrons. The van der Waals surface area contributed by atoms with E-state index >= 15 is 0 Å². The Morgan fingerprint density at radius 2 is 2.08 bits per heavy atom. The number of urea groups is 1. The smallest absolute Gasteiger partial charge is 0.323 e. The van der Waals surface area contributed by atoms with Crippen LogP contribution in [0.2, 0.25) is 0 Å². The van der Waals surface area contributed by atoms with Gasteiger partial charge in [0.2, 0.25) is 5.13 Å². The predicted molar refractivity (Wildman–Crippen MR) is 88.2 cm³/mol. The summed E-state index contributed by atoms with van der Waals surface area (Å²) in [5.74, 6) is -0.623. The summed E-state index contributed by atoms with van der Waals surface area (Å²) in [4.78, 5) is 24.6. The summed E-state index contributed by atoms with van der Waals surface area (Å²) >= 11 is 1.26. The van der Waals surface area contributed by atoms with Crippen molar-refractivity contribution in [1.82, 2.24) is 15.1 Å². The number of nitrogens with one attached hydrogen (secondary N) is 1. The van der Waals surface area contributed by atoms with E-state index in [-0.39, 0.29) is 12.6 Å². The first-order valence-electron chi connectivity index (χ1n) is 7.33. The number of benzene rings is 1. The first-order chi connectivity index (χ1) is 11.6. The van der Waals surface area contributed by atoms with Crippen LogP contribution in [0, 0.1) is 5.92 Å². The van der Waals surface area contributed by atoms with Crippen LogP contribution in [0.4, 0.5) is 9.93 Å². The van der Waals surface area contributed by atoms with E-state index in [1.165, 1.54) is 16.2 Å². The maximum atomic E-state index is 12.2. The van der Waals surface area contributed by atoms with E-state index in [1.807, 2.05) is 24.3 Å². The van der Waals surface area contributed by atoms with Crippen LogP contribution in [0.5, 0.6) is 5.75 Å². The molecular formula is C15H16N4O4S. The normalized spacial score (nSPS) is 16.9. The Kier molecular flexibility index (Phi) is 4.61. The van der Waals surface area contributed by atoms with Gasteiger partial charge in [-0.15, -0.1) is 10.2 Å². The van der Waals surface area contributed by atoms with Crippen molar-refractivity contribution in [3.63, 3.8) is 0 Å². The zero-order chi connectivity index (χ0) is 17.1. The standard InChI is InChI=1S/C15H16N4O4S/c1-23-11-4-2-9(3-5-11)12-17-18-14(24-12)16-15(22)19-7-6-10(8-19)13(20)21/h2-5,10H,6-8H2,1H3,(H,20,21)(H,16,18,22). The molecule has 0 spiro atoms. The van der Waals surface area contributed by atoms with E-state index in [2.05, 4.69) is 15.5 Å². The molecule has 0 aliphatic carbocycles. The minimum Gasteiger partial charge on any atom is -0.497 e. The van der Waals surface area contributed by atoms with E-state index in [1.54, 1.807) is 7.11 Å². The van der Waals surface area contributed by atoms with E-state index in [0.29, 0.717) is 23.1 Å². The third-order valence-corrected chi connectivity index (χ3v) is 4.69. The Morgan fingerprint density at radius 3 is 2.71 bits per heavy atom. The van der Waals surface area contributed by atoms with Crippen LogP contribution in [-0.2, 0) is 4.79 Å². The van der Waals surface area contributed by atoms with Gasteiger partial charge in [-0.1, -0.05) is 11.3 Å². The number of nitrogens with zero attached hydrogens (tertiary/aromatic N) is 3. The number of amides is 2. The number of ether oxygens (including phenoxy) is 1. The van der Waals surface area contributed by atoms with Crippen LogP contribution >= 0.6 is 11.3 Å². The summed E-state index contributed by atoms with van der Waals surface area (Å²) < 4.78 is 5.11. The molecule has 3 rings (SSSR count). The molecule has 8 nitrogen and oxygen atoms in total. The maximum absolute atomic E-state index is 12.2. The largest absolute Gasteiger partial charge is 0.497 e. The highest BCUT2D eigenvalue weighted by atomic mass is 32.1. The Balaban J connectivity index is 1.63. The lowest BCUT2D eigenvalue weighted by Crippen LogP contribution is -2.33. The number of hydrogen-bond acceptors (Lipinski definition) is 6. The predicted octanol–water partition coefficient (Wildman–Crippen LogP) is 2.15. The Labute approximate surface area is 142 Å². The Bertz CT molecular complexity index is 746. The first kappa shape index (κ1) is 16.2. The van der Waals surface area contributed by atoms with Gasteiger partial charge in [-0.05, 0) is 30.7 Å². The van der Waals surface area contributed by atoms with Crippen LogP contribution in [0.1, 0.15) is 6.42 Å². The molecule has 2 amide bonds. The molecular weight excluding hydrogens is 332 g/mol. The molecule has 1 aliphatic heterocycles. The number of carbonyl (C=O) groups excluding carboxylic acids is 1. The molecule has 0 saturated carbocycles. The van der Waals surface area contributed by atoms with Crippen molar-refractivity contribution in [2.24, 2.45) is 5.92 Å². The van der Waals surface area contributed by atoms with E-state index < -0.39 is 11.9 Å². The van der Waals surface area contributed by atoms with Gasteiger partial charge in [0.05, 0.1) is 13.0 Å². The molecule has 2 aromatic rings. The molecule has 2 N–H and O–H groups in total. The van der Waals surface area contributed by atoms with Crippen molar-refractivity contribution >= 4 is 28.5 Å². The van der Waals surface area contributed by atoms with Crippen molar-refractivity contribution in [2.75, 3.05) is 25.5 Å². The fraction of sp³-hybridized carbons (Fsp3) is 0.333. The number of carboxylic acid groups (broad SMARTS) is 1. The second-order valence-electron chi connectivity index (χ2n) is 5.34. The molecule has 0 bridgehead atoms. The van der Waals surface area contributed by atoms with Gasteiger partial charge in [-0.2, -0.15) is 0 Å². The van der Waals surface area contributed by atoms with E-state index in [0.717, 1.165) is 11.3 Å². The number of carbonyl (C=O) groups is 2. The molecule has 1 aromatic carbocycles. The van der Waals surface area contributed by atoms with Crippen molar-refractivity contribution in [1.29, 1.82) is 0 Å². The van der Waals surface area contributed by atoms with Crippen LogP contribution in [-0.4, -0.2) is 52.4 Å². The molecule has 1 aromatic heterocycles. The number of aromatic nitrogens is 2. The average Bonchev–Trinajstić information content (AvgIpc) is 3.24. The lowest BCUT2D eigenvalue weighted by molar-refractivity contribution is -0.141. The van der Waals surface area contributed by atoms with Crippen molar-refractivity contribution < 1.29 is 19.4 Å². The fourth-order valence-corrected chi connectivity index (χ4v) is 3.18. The highest BCUT2D eigenvalue weighted by molar-refractivity contribution is 7.18. The number of hydrogen-bond donors (Lipinski definition) is 2. The number of methoxy groups -OCH3 is 1. The van der Waals surface area contributed by atoms with Crippen molar-refractivity contribution in [3.8, 4) is 16.3 Å². The summed E-state index contributed by atoms with van der Waals surface area (Å²) in [6.45, 7) is 0.637. The Morgan fingerprint density at radius 1 is 1.33 bits per heavy atom. The molecule has 1 saturated heterocycles. The zero-order valence-electron chi connectivity index (χ0n) is 12.9. The van der Waals surface area contributed by atoms with E-state index in [9.17, 15) is 9.59 Å². The number of aliphatic carboxylic acids is 1. The summed E-state index contributed by atoms with van der Waals surface area (Å²) in [5, 5.41) is 20.7. The minimum atomic E-state index is -0.872. The number of rotatable bonds is 4. The molecule has 2 heterocycles. The van der Waals surface area contributed by atoms with Gasteiger partial charge in [0.15, 0.2) is 0 Å². The van der Waals surface area contributed by atoms with Gasteiger partial charge < -0.3 is 14.7 Å². The SMILES string of the molecule is COc1ccc(-c2nnc(NC(=O)N3CCC(C(=O)O)C3)s2)cc1. The van der Waals surface area contributed by atoms with E-state index in [4.69, 9.17) is 9.84 Å². The van der Waals surface area contributed by atoms with Gasteiger partial charge in [-0.25, -0.2) is 4.79 Å². The fourth-order valence-electron chi connectivity index (χ4n) is 2.44. The number of likely N-dealkylation sites (tertiary alicyclic amines) is 1. The summed E-state index contributed by atoms with van der Waals surface area (Å²) in [6.07, 6.45) is 0.468. The van der Waals surface area contributed by atoms with Gasteiger partial charge in [0.1, 0.15) is 10.8 Å². The molecule has 1 atom stereocenters. The maximum Gasteiger partial charge on any atom is 0.323 e. The van der Waals surface area contributed by atoms with Crippen LogP contribution < -0.4 is 10.1 Å². The first-order valence-corrected chi connectivity index (χ1v) is 8.15. The zero-order valence-corrected chi connectivity index (χ0v) is 13.7. The van der Waals surface area contributed by atoms with Gasteiger partial charge in [0, 0.05) is 18.7 Å². The second-order valence-corrected chi connectivity index (χ2v) is 6.32. The molecule has 9 heteroatoms. The molecule has 1 aliphatic rings. The summed E-state index contributed by atoms with van der Waals surface area (Å²) in [5.41, 5.74) is 0.876. The lowest BCUT2D eigenvalue weighted by Gasteiger charge is -2.14. The second kappa shape index (κ2) is 6.83. The minimum absolute atomic E-state index is 0.214. The van der Waals surface area contributed by atoms with Crippen LogP contribution in [0.3, 0.4) is 0 Å². The highest BCUT2D eigenvalue weighted by Crippen LogP contribution is 2.28. The third-order valence-electron chi connectivity index (χ3n) is 3.80. The Hall–Kier alpha value is -2.68. The topological polar surface area (TPSA) is 105 Å². The summed E-state index contributed by atoms with van der Waals surface area (Å²) in [6, 6.07) is 7.03. The third kappa shape index (κ3) is 3.46. The van der Waals surface area contributed by atoms with Crippen molar-refractivity contribution in [2.45, 2.75) is 6.42 Å². The molecule has 0 radical (unpaired) electrons. The number of anilines is 1. The van der Waals surface area contributed by atoms with Gasteiger partial charge in [0.25, 0.3) is 0 Å². The molecule has 1 fully saturated rings. The number of carboxylic acids is 1.